The van der Waals surface area contributed by atoms with E-state index in [0.29, 0.717) is 0 Å². The molecule has 0 unspecified atom stereocenters. The van der Waals surface area contributed by atoms with Crippen LogP contribution in [0.2, 0.25) is 0 Å². The molecule has 0 aromatic carbocycles. The van der Waals surface area contributed by atoms with Crippen LogP contribution in [0.15, 0.2) is 12.0 Å². The number of carbonyl (C=O) groups excluding carboxylic acids is 1. The molecule has 0 aliphatic heterocycles. The Morgan fingerprint density at radius 2 is 1.40 bits per heavy atom. The van der Waals surface area contributed by atoms with E-state index >= 15 is 0 Å². The Hall–Kier alpha value is -1.19. The number of rotatable bonds is 2. The van der Waals surface area contributed by atoms with Crippen molar-refractivity contribution < 1.29 is 19.4 Å². The molecule has 0 N–H and O–H groups in total. The SMILES string of the molecule is CC(C)(C)OC(=O)/C=C(\[O-])OC(C)(C)C. The van der Waals surface area contributed by atoms with Gasteiger partial charge in [0.25, 0.3) is 0 Å². The van der Waals surface area contributed by atoms with Gasteiger partial charge in [-0.3, -0.25) is 0 Å². The molecule has 0 fully saturated rings. The Kier molecular flexibility index (Phi) is 4.19. The van der Waals surface area contributed by atoms with Gasteiger partial charge in [0.1, 0.15) is 5.60 Å². The highest BCUT2D eigenvalue weighted by molar-refractivity contribution is 5.82. The fraction of sp³-hybridized carbons (Fsp3) is 0.727. The van der Waals surface area contributed by atoms with E-state index in [9.17, 15) is 9.90 Å². The van der Waals surface area contributed by atoms with Gasteiger partial charge in [0, 0.05) is 11.7 Å². The average Bonchev–Trinajstić information content (AvgIpc) is 1.73. The molecule has 15 heavy (non-hydrogen) atoms. The molecule has 0 bridgehead atoms. The second-order valence-electron chi connectivity index (χ2n) is 5.21. The molecule has 0 amide bonds. The summed E-state index contributed by atoms with van der Waals surface area (Å²) in [4.78, 5) is 11.2. The summed E-state index contributed by atoms with van der Waals surface area (Å²) in [6, 6.07) is 0. The fourth-order valence-corrected chi connectivity index (χ4v) is 0.759. The van der Waals surface area contributed by atoms with Crippen molar-refractivity contribution in [1.82, 2.24) is 0 Å². The zero-order valence-electron chi connectivity index (χ0n) is 10.2. The van der Waals surface area contributed by atoms with E-state index in [0.717, 1.165) is 6.08 Å². The smallest absolute Gasteiger partial charge is 0.333 e. The largest absolute Gasteiger partial charge is 0.607 e. The average molecular weight is 215 g/mol. The topological polar surface area (TPSA) is 58.6 Å². The van der Waals surface area contributed by atoms with Crippen molar-refractivity contribution >= 4 is 5.97 Å². The summed E-state index contributed by atoms with van der Waals surface area (Å²) in [6.45, 7) is 10.4. The Morgan fingerprint density at radius 3 is 1.73 bits per heavy atom. The summed E-state index contributed by atoms with van der Waals surface area (Å²) in [7, 11) is 0. The lowest BCUT2D eigenvalue weighted by molar-refractivity contribution is -0.368. The number of hydrogen-bond acceptors (Lipinski definition) is 4. The molecule has 0 rings (SSSR count). The van der Waals surface area contributed by atoms with Gasteiger partial charge in [-0.15, -0.1) is 0 Å². The van der Waals surface area contributed by atoms with Crippen molar-refractivity contribution in [1.29, 1.82) is 0 Å². The molecule has 0 aromatic heterocycles. The van der Waals surface area contributed by atoms with Crippen LogP contribution >= 0.6 is 0 Å². The minimum Gasteiger partial charge on any atom is -0.607 e. The quantitative estimate of drug-likeness (QED) is 0.396. The Morgan fingerprint density at radius 1 is 1.00 bits per heavy atom. The molecular weight excluding hydrogens is 196 g/mol. The third kappa shape index (κ3) is 9.12. The lowest BCUT2D eigenvalue weighted by Crippen LogP contribution is -2.27. The monoisotopic (exact) mass is 215 g/mol. The molecule has 0 atom stereocenters. The highest BCUT2D eigenvalue weighted by Gasteiger charge is 2.14. The Bertz CT molecular complexity index is 253. The maximum absolute atomic E-state index is 11.2. The van der Waals surface area contributed by atoms with E-state index in [4.69, 9.17) is 9.47 Å². The standard InChI is InChI=1S/C11H20O4/c1-10(2,3)14-8(12)7-9(13)15-11(4,5)6/h7,12H,1-6H3/p-1/b8-7+. The second-order valence-corrected chi connectivity index (χ2v) is 5.21. The van der Waals surface area contributed by atoms with Crippen molar-refractivity contribution in [3.63, 3.8) is 0 Å². The van der Waals surface area contributed by atoms with Gasteiger partial charge in [0.05, 0.1) is 5.95 Å². The third-order valence-corrected chi connectivity index (χ3v) is 1.05. The summed E-state index contributed by atoms with van der Waals surface area (Å²) < 4.78 is 9.86. The van der Waals surface area contributed by atoms with Gasteiger partial charge in [-0.25, -0.2) is 4.79 Å². The van der Waals surface area contributed by atoms with Crippen LogP contribution in [0, 0.1) is 0 Å². The van der Waals surface area contributed by atoms with E-state index in [2.05, 4.69) is 0 Å². The van der Waals surface area contributed by atoms with Crippen LogP contribution < -0.4 is 5.11 Å². The summed E-state index contributed by atoms with van der Waals surface area (Å²) in [5.74, 6) is -1.37. The highest BCUT2D eigenvalue weighted by Crippen LogP contribution is 2.11. The summed E-state index contributed by atoms with van der Waals surface area (Å²) >= 11 is 0. The predicted octanol–water partition coefficient (Wildman–Crippen LogP) is 1.34. The zero-order chi connectivity index (χ0) is 12.3. The van der Waals surface area contributed by atoms with E-state index in [1.807, 2.05) is 0 Å². The molecule has 0 saturated heterocycles. The summed E-state index contributed by atoms with van der Waals surface area (Å²) in [6.07, 6.45) is 0.816. The first kappa shape index (κ1) is 13.8. The molecule has 88 valence electrons. The highest BCUT2D eigenvalue weighted by atomic mass is 16.6. The number of hydrogen-bond donors (Lipinski definition) is 0. The van der Waals surface area contributed by atoms with Crippen molar-refractivity contribution in [3.05, 3.63) is 12.0 Å². The summed E-state index contributed by atoms with van der Waals surface area (Å²) in [5.41, 5.74) is -1.20. The summed E-state index contributed by atoms with van der Waals surface area (Å²) in [5, 5.41) is 11.2. The normalized spacial score (nSPS) is 13.6. The predicted molar refractivity (Wildman–Crippen MR) is 54.8 cm³/mol. The first-order chi connectivity index (χ1) is 6.49. The lowest BCUT2D eigenvalue weighted by Gasteiger charge is -2.30. The lowest BCUT2D eigenvalue weighted by atomic mass is 10.2. The van der Waals surface area contributed by atoms with Crippen molar-refractivity contribution in [2.75, 3.05) is 0 Å². The molecule has 0 saturated carbocycles. The van der Waals surface area contributed by atoms with Gasteiger partial charge in [0.2, 0.25) is 0 Å². The number of ether oxygens (including phenoxy) is 2. The molecule has 4 heteroatoms. The molecule has 0 aliphatic carbocycles. The van der Waals surface area contributed by atoms with E-state index in [-0.39, 0.29) is 0 Å². The van der Waals surface area contributed by atoms with E-state index in [1.54, 1.807) is 41.5 Å². The van der Waals surface area contributed by atoms with Crippen LogP contribution in [-0.2, 0) is 14.3 Å². The molecule has 4 nitrogen and oxygen atoms in total. The van der Waals surface area contributed by atoms with Crippen molar-refractivity contribution in [3.8, 4) is 0 Å². The maximum atomic E-state index is 11.2. The number of carbonyl (C=O) groups is 1. The van der Waals surface area contributed by atoms with E-state index < -0.39 is 23.1 Å². The van der Waals surface area contributed by atoms with Gasteiger partial charge in [-0.2, -0.15) is 0 Å². The number of esters is 1. The minimum absolute atomic E-state index is 0.602. The van der Waals surface area contributed by atoms with Crippen molar-refractivity contribution in [2.24, 2.45) is 0 Å². The Balaban J connectivity index is 4.31. The minimum atomic E-state index is -0.684. The van der Waals surface area contributed by atoms with Gasteiger partial charge < -0.3 is 14.6 Å². The van der Waals surface area contributed by atoms with Gasteiger partial charge >= 0.3 is 5.97 Å². The van der Waals surface area contributed by atoms with Gasteiger partial charge in [-0.1, -0.05) is 20.8 Å². The second kappa shape index (κ2) is 4.55. The molecular formula is C11H19O4-. The molecule has 0 aromatic rings. The van der Waals surface area contributed by atoms with Gasteiger partial charge in [0.15, 0.2) is 0 Å². The van der Waals surface area contributed by atoms with Crippen LogP contribution in [0.4, 0.5) is 0 Å². The first-order valence-corrected chi connectivity index (χ1v) is 4.80. The van der Waals surface area contributed by atoms with Gasteiger partial charge in [-0.05, 0) is 20.8 Å². The molecule has 0 radical (unpaired) electrons. The zero-order valence-corrected chi connectivity index (χ0v) is 10.2. The van der Waals surface area contributed by atoms with Crippen LogP contribution in [0.25, 0.3) is 0 Å². The van der Waals surface area contributed by atoms with Crippen molar-refractivity contribution in [2.45, 2.75) is 52.7 Å². The molecule has 0 heterocycles. The Labute approximate surface area is 90.9 Å². The fourth-order valence-electron chi connectivity index (χ4n) is 0.759. The van der Waals surface area contributed by atoms with Crippen LogP contribution in [0.3, 0.4) is 0 Å². The maximum Gasteiger partial charge on any atom is 0.333 e. The van der Waals surface area contributed by atoms with Crippen LogP contribution in [0.1, 0.15) is 41.5 Å². The first-order valence-electron chi connectivity index (χ1n) is 4.80. The van der Waals surface area contributed by atoms with E-state index in [1.165, 1.54) is 0 Å². The molecule has 0 spiro atoms. The van der Waals surface area contributed by atoms with Crippen LogP contribution in [0.5, 0.6) is 0 Å². The molecule has 0 aliphatic rings. The van der Waals surface area contributed by atoms with Crippen LogP contribution in [-0.4, -0.2) is 17.2 Å². The third-order valence-electron chi connectivity index (χ3n) is 1.05.